The first-order valence-corrected chi connectivity index (χ1v) is 9.45. The molecule has 7 heteroatoms. The van der Waals surface area contributed by atoms with E-state index >= 15 is 0 Å². The largest absolute Gasteiger partial charge is 0.416 e. The molecule has 0 saturated heterocycles. The molecule has 0 unspecified atom stereocenters. The minimum Gasteiger partial charge on any atom is -0.350 e. The Hall–Kier alpha value is -3.87. The zero-order chi connectivity index (χ0) is 22.2. The van der Waals surface area contributed by atoms with E-state index in [4.69, 9.17) is 0 Å². The summed E-state index contributed by atoms with van der Waals surface area (Å²) in [5, 5.41) is 3.03. The van der Waals surface area contributed by atoms with Gasteiger partial charge in [0.05, 0.1) is 16.8 Å². The SMILES string of the molecule is Cc1cccc(NC2=C(c3ccccc3)C(=O)N(c3ccc(C(F)(F)F)cc3)C2=O)c1. The molecule has 0 radical (unpaired) electrons. The van der Waals surface area contributed by atoms with Crippen molar-refractivity contribution >= 4 is 28.8 Å². The van der Waals surface area contributed by atoms with E-state index < -0.39 is 23.6 Å². The molecule has 2 amide bonds. The topological polar surface area (TPSA) is 49.4 Å². The second-order valence-corrected chi connectivity index (χ2v) is 7.10. The highest BCUT2D eigenvalue weighted by atomic mass is 19.4. The van der Waals surface area contributed by atoms with Gasteiger partial charge in [0.2, 0.25) is 0 Å². The highest BCUT2D eigenvalue weighted by molar-refractivity contribution is 6.46. The Kier molecular flexibility index (Phi) is 5.10. The van der Waals surface area contributed by atoms with Crippen molar-refractivity contribution < 1.29 is 22.8 Å². The molecule has 3 aromatic carbocycles. The predicted octanol–water partition coefficient (Wildman–Crippen LogP) is 5.41. The fraction of sp³-hybridized carbons (Fsp3) is 0.0833. The highest BCUT2D eigenvalue weighted by Gasteiger charge is 2.40. The maximum atomic E-state index is 13.3. The van der Waals surface area contributed by atoms with Gasteiger partial charge in [-0.15, -0.1) is 0 Å². The minimum atomic E-state index is -4.51. The molecule has 0 atom stereocenters. The molecule has 4 rings (SSSR count). The number of aryl methyl sites for hydroxylation is 1. The number of alkyl halides is 3. The van der Waals surface area contributed by atoms with Crippen molar-refractivity contribution in [1.29, 1.82) is 0 Å². The third kappa shape index (κ3) is 3.94. The normalized spacial score (nSPS) is 14.4. The lowest BCUT2D eigenvalue weighted by atomic mass is 10.0. The van der Waals surface area contributed by atoms with Crippen LogP contribution < -0.4 is 10.2 Å². The Labute approximate surface area is 176 Å². The van der Waals surface area contributed by atoms with E-state index in [0.717, 1.165) is 34.7 Å². The first-order chi connectivity index (χ1) is 14.8. The molecule has 4 nitrogen and oxygen atoms in total. The fourth-order valence-corrected chi connectivity index (χ4v) is 3.42. The molecule has 0 saturated carbocycles. The summed E-state index contributed by atoms with van der Waals surface area (Å²) < 4.78 is 38.7. The summed E-state index contributed by atoms with van der Waals surface area (Å²) in [6.45, 7) is 1.90. The van der Waals surface area contributed by atoms with Gasteiger partial charge in [-0.3, -0.25) is 9.59 Å². The van der Waals surface area contributed by atoms with Crippen LogP contribution in [-0.4, -0.2) is 11.8 Å². The number of carbonyl (C=O) groups is 2. The van der Waals surface area contributed by atoms with E-state index in [-0.39, 0.29) is 17.0 Å². The van der Waals surface area contributed by atoms with Crippen molar-refractivity contribution in [3.05, 3.63) is 101 Å². The van der Waals surface area contributed by atoms with Crippen molar-refractivity contribution in [3.63, 3.8) is 0 Å². The predicted molar refractivity (Wildman–Crippen MR) is 112 cm³/mol. The van der Waals surface area contributed by atoms with Crippen LogP contribution in [0.5, 0.6) is 0 Å². The van der Waals surface area contributed by atoms with Gasteiger partial charge in [-0.2, -0.15) is 13.2 Å². The van der Waals surface area contributed by atoms with Crippen molar-refractivity contribution in [2.24, 2.45) is 0 Å². The zero-order valence-electron chi connectivity index (χ0n) is 16.4. The summed E-state index contributed by atoms with van der Waals surface area (Å²) in [4.78, 5) is 27.4. The molecule has 0 aromatic heterocycles. The molecule has 156 valence electrons. The standard InChI is InChI=1S/C24H17F3N2O2/c1-15-6-5-9-18(14-15)28-21-20(16-7-3-2-4-8-16)22(30)29(23(21)31)19-12-10-17(11-13-19)24(25,26)27/h2-14,28H,1H3. The molecule has 0 fully saturated rings. The number of halogens is 3. The van der Waals surface area contributed by atoms with E-state index in [9.17, 15) is 22.8 Å². The van der Waals surface area contributed by atoms with Gasteiger partial charge in [-0.25, -0.2) is 4.90 Å². The summed E-state index contributed by atoms with van der Waals surface area (Å²) in [5.74, 6) is -1.24. The Morgan fingerprint density at radius 1 is 0.806 bits per heavy atom. The molecule has 1 aliphatic heterocycles. The smallest absolute Gasteiger partial charge is 0.350 e. The number of hydrogen-bond acceptors (Lipinski definition) is 3. The van der Waals surface area contributed by atoms with Crippen molar-refractivity contribution in [2.45, 2.75) is 13.1 Å². The van der Waals surface area contributed by atoms with E-state index in [1.54, 1.807) is 36.4 Å². The van der Waals surface area contributed by atoms with Crippen LogP contribution in [0.1, 0.15) is 16.7 Å². The molecular formula is C24H17F3N2O2. The quantitative estimate of drug-likeness (QED) is 0.572. The number of nitrogens with one attached hydrogen (secondary N) is 1. The first-order valence-electron chi connectivity index (χ1n) is 9.45. The Balaban J connectivity index is 1.77. The van der Waals surface area contributed by atoms with E-state index in [1.165, 1.54) is 0 Å². The van der Waals surface area contributed by atoms with Gasteiger partial charge in [-0.1, -0.05) is 42.5 Å². The van der Waals surface area contributed by atoms with Gasteiger partial charge in [0.25, 0.3) is 11.8 Å². The molecular weight excluding hydrogens is 405 g/mol. The van der Waals surface area contributed by atoms with Gasteiger partial charge in [-0.05, 0) is 54.4 Å². The minimum absolute atomic E-state index is 0.0671. The number of hydrogen-bond donors (Lipinski definition) is 1. The van der Waals surface area contributed by atoms with Crippen LogP contribution >= 0.6 is 0 Å². The maximum absolute atomic E-state index is 13.3. The van der Waals surface area contributed by atoms with Crippen LogP contribution in [-0.2, 0) is 15.8 Å². The van der Waals surface area contributed by atoms with Crippen LogP contribution in [0.3, 0.4) is 0 Å². The number of carbonyl (C=O) groups excluding carboxylic acids is 2. The lowest BCUT2D eigenvalue weighted by molar-refractivity contribution is -0.137. The first kappa shape index (κ1) is 20.4. The number of anilines is 2. The summed E-state index contributed by atoms with van der Waals surface area (Å²) in [7, 11) is 0. The molecule has 1 aliphatic rings. The van der Waals surface area contributed by atoms with Gasteiger partial charge in [0, 0.05) is 5.69 Å². The summed E-state index contributed by atoms with van der Waals surface area (Å²) >= 11 is 0. The van der Waals surface area contributed by atoms with Crippen LogP contribution in [0.25, 0.3) is 5.57 Å². The zero-order valence-corrected chi connectivity index (χ0v) is 16.4. The second-order valence-electron chi connectivity index (χ2n) is 7.10. The summed E-state index contributed by atoms with van der Waals surface area (Å²) in [5.41, 5.74) is 1.56. The van der Waals surface area contributed by atoms with Crippen molar-refractivity contribution in [1.82, 2.24) is 0 Å². The van der Waals surface area contributed by atoms with Gasteiger partial charge in [0.15, 0.2) is 0 Å². The number of benzene rings is 3. The second kappa shape index (κ2) is 7.75. The summed E-state index contributed by atoms with van der Waals surface area (Å²) in [6.07, 6.45) is -4.51. The third-order valence-corrected chi connectivity index (χ3v) is 4.89. The fourth-order valence-electron chi connectivity index (χ4n) is 3.42. The average molecular weight is 422 g/mol. The lowest BCUT2D eigenvalue weighted by Gasteiger charge is -2.16. The monoisotopic (exact) mass is 422 g/mol. The van der Waals surface area contributed by atoms with Crippen LogP contribution in [0, 0.1) is 6.92 Å². The molecule has 0 bridgehead atoms. The van der Waals surface area contributed by atoms with Crippen molar-refractivity contribution in [3.8, 4) is 0 Å². The molecule has 1 heterocycles. The molecule has 3 aromatic rings. The van der Waals surface area contributed by atoms with Crippen LogP contribution in [0.2, 0.25) is 0 Å². The maximum Gasteiger partial charge on any atom is 0.416 e. The highest BCUT2D eigenvalue weighted by Crippen LogP contribution is 2.35. The average Bonchev–Trinajstić information content (AvgIpc) is 2.98. The third-order valence-electron chi connectivity index (χ3n) is 4.89. The van der Waals surface area contributed by atoms with Crippen LogP contribution in [0.15, 0.2) is 84.6 Å². The van der Waals surface area contributed by atoms with Gasteiger partial charge < -0.3 is 5.32 Å². The number of rotatable bonds is 4. The molecule has 31 heavy (non-hydrogen) atoms. The van der Waals surface area contributed by atoms with Gasteiger partial charge >= 0.3 is 6.18 Å². The van der Waals surface area contributed by atoms with Crippen LogP contribution in [0.4, 0.5) is 24.5 Å². The van der Waals surface area contributed by atoms with Crippen molar-refractivity contribution in [2.75, 3.05) is 10.2 Å². The lowest BCUT2D eigenvalue weighted by Crippen LogP contribution is -2.32. The number of amides is 2. The Morgan fingerprint density at radius 2 is 1.48 bits per heavy atom. The molecule has 1 N–H and O–H groups in total. The van der Waals surface area contributed by atoms with Gasteiger partial charge in [0.1, 0.15) is 5.70 Å². The number of imide groups is 1. The number of nitrogens with zero attached hydrogens (tertiary/aromatic N) is 1. The molecule has 0 spiro atoms. The summed E-state index contributed by atoms with van der Waals surface area (Å²) in [6, 6.07) is 19.9. The molecule has 0 aliphatic carbocycles. The Bertz CT molecular complexity index is 1180. The van der Waals surface area contributed by atoms with E-state index in [2.05, 4.69) is 5.32 Å². The van der Waals surface area contributed by atoms with E-state index in [1.807, 2.05) is 25.1 Å². The Morgan fingerprint density at radius 3 is 2.10 bits per heavy atom. The van der Waals surface area contributed by atoms with E-state index in [0.29, 0.717) is 11.3 Å².